The van der Waals surface area contributed by atoms with Crippen molar-refractivity contribution in [3.63, 3.8) is 0 Å². The van der Waals surface area contributed by atoms with Crippen molar-refractivity contribution in [1.29, 1.82) is 0 Å². The Kier molecular flexibility index (Phi) is 7.00. The third kappa shape index (κ3) is 5.08. The van der Waals surface area contributed by atoms with Crippen molar-refractivity contribution in [3.8, 4) is 16.9 Å². The molecule has 0 bridgehead atoms. The van der Waals surface area contributed by atoms with Gasteiger partial charge in [0.15, 0.2) is 0 Å². The van der Waals surface area contributed by atoms with Gasteiger partial charge >= 0.3 is 5.63 Å². The Morgan fingerprint density at radius 2 is 1.66 bits per heavy atom. The molecular weight excluding hydrogens is 403 g/mol. The van der Waals surface area contributed by atoms with Crippen LogP contribution >= 0.6 is 0 Å². The molecule has 0 aliphatic rings. The molecule has 1 aromatic heterocycles. The number of hydrogen-bond acceptors (Lipinski definition) is 3. The molecule has 4 aromatic rings. The van der Waals surface area contributed by atoms with E-state index < -0.39 is 5.63 Å². The normalized spacial score (nSPS) is 11.1. The molecule has 0 aliphatic carbocycles. The van der Waals surface area contributed by atoms with Gasteiger partial charge in [-0.1, -0.05) is 74.7 Å². The van der Waals surface area contributed by atoms with Gasteiger partial charge in [-0.2, -0.15) is 0 Å². The molecule has 0 amide bonds. The van der Waals surface area contributed by atoms with Crippen LogP contribution < -0.4 is 10.4 Å². The van der Waals surface area contributed by atoms with Crippen molar-refractivity contribution >= 4 is 11.0 Å². The number of unbranched alkanes of at least 4 members (excludes halogenated alkanes) is 3. The largest absolute Gasteiger partial charge is 0.488 e. The molecule has 0 unspecified atom stereocenters. The van der Waals surface area contributed by atoms with Crippen molar-refractivity contribution in [3.05, 3.63) is 100 Å². The minimum absolute atomic E-state index is 0.114. The van der Waals surface area contributed by atoms with Crippen LogP contribution in [0.15, 0.2) is 82.0 Å². The van der Waals surface area contributed by atoms with E-state index in [1.165, 1.54) is 12.5 Å². The summed E-state index contributed by atoms with van der Waals surface area (Å²) >= 11 is 0. The molecule has 0 atom stereocenters. The van der Waals surface area contributed by atoms with E-state index in [-0.39, 0.29) is 12.4 Å². The van der Waals surface area contributed by atoms with Gasteiger partial charge in [0.05, 0.1) is 0 Å². The molecule has 0 radical (unpaired) electrons. The number of benzene rings is 3. The molecule has 0 aliphatic heterocycles. The molecule has 1 heterocycles. The van der Waals surface area contributed by atoms with Gasteiger partial charge in [0.2, 0.25) is 0 Å². The van der Waals surface area contributed by atoms with Crippen LogP contribution in [0.1, 0.15) is 43.7 Å². The van der Waals surface area contributed by atoms with Crippen molar-refractivity contribution in [2.24, 2.45) is 0 Å². The Labute approximate surface area is 187 Å². The van der Waals surface area contributed by atoms with E-state index in [4.69, 9.17) is 9.15 Å². The second kappa shape index (κ2) is 10.3. The predicted octanol–water partition coefficient (Wildman–Crippen LogP) is 7.30. The van der Waals surface area contributed by atoms with Crippen LogP contribution in [0.2, 0.25) is 0 Å². The molecule has 3 nitrogen and oxygen atoms in total. The lowest BCUT2D eigenvalue weighted by atomic mass is 9.98. The second-order valence-corrected chi connectivity index (χ2v) is 7.99. The summed E-state index contributed by atoms with van der Waals surface area (Å²) in [6, 6.07) is 21.8. The zero-order chi connectivity index (χ0) is 22.3. The topological polar surface area (TPSA) is 39.4 Å². The van der Waals surface area contributed by atoms with E-state index >= 15 is 0 Å². The van der Waals surface area contributed by atoms with Gasteiger partial charge in [0, 0.05) is 23.1 Å². The van der Waals surface area contributed by atoms with Gasteiger partial charge in [-0.3, -0.25) is 0 Å². The summed E-state index contributed by atoms with van der Waals surface area (Å²) in [5.74, 6) is 0.335. The van der Waals surface area contributed by atoms with E-state index in [1.54, 1.807) is 30.3 Å². The molecule has 164 valence electrons. The van der Waals surface area contributed by atoms with Crippen LogP contribution in [0.25, 0.3) is 22.1 Å². The predicted molar refractivity (Wildman–Crippen MR) is 126 cm³/mol. The number of fused-ring (bicyclic) bond motifs is 1. The smallest absolute Gasteiger partial charge is 0.336 e. The maximum Gasteiger partial charge on any atom is 0.336 e. The zero-order valence-electron chi connectivity index (χ0n) is 18.3. The Bertz CT molecular complexity index is 1240. The summed E-state index contributed by atoms with van der Waals surface area (Å²) < 4.78 is 25.7. The quantitative estimate of drug-likeness (QED) is 0.207. The SMILES string of the molecule is CCCCCCc1cc2c(-c3ccccc3)cc(=O)oc2cc1OCc1ccccc1F. The fraction of sp³-hybridized carbons (Fsp3) is 0.250. The van der Waals surface area contributed by atoms with Crippen molar-refractivity contribution in [2.75, 3.05) is 0 Å². The minimum atomic E-state index is -0.410. The molecule has 0 saturated carbocycles. The molecule has 4 heteroatoms. The van der Waals surface area contributed by atoms with Crippen LogP contribution in [-0.2, 0) is 13.0 Å². The highest BCUT2D eigenvalue weighted by Crippen LogP contribution is 2.33. The molecule has 0 spiro atoms. The van der Waals surface area contributed by atoms with Crippen LogP contribution in [0.5, 0.6) is 5.75 Å². The van der Waals surface area contributed by atoms with E-state index in [1.807, 2.05) is 30.3 Å². The summed E-state index contributed by atoms with van der Waals surface area (Å²) in [5.41, 5.74) is 3.39. The van der Waals surface area contributed by atoms with Crippen LogP contribution in [0.4, 0.5) is 4.39 Å². The van der Waals surface area contributed by atoms with Crippen LogP contribution in [0.3, 0.4) is 0 Å². The lowest BCUT2D eigenvalue weighted by Crippen LogP contribution is -2.03. The first-order chi connectivity index (χ1) is 15.7. The molecule has 0 N–H and O–H groups in total. The van der Waals surface area contributed by atoms with E-state index in [0.29, 0.717) is 16.9 Å². The number of hydrogen-bond donors (Lipinski definition) is 0. The van der Waals surface area contributed by atoms with Gasteiger partial charge in [-0.05, 0) is 41.7 Å². The fourth-order valence-electron chi connectivity index (χ4n) is 3.93. The first kappa shape index (κ1) is 21.8. The van der Waals surface area contributed by atoms with Gasteiger partial charge in [0.25, 0.3) is 0 Å². The highest BCUT2D eigenvalue weighted by atomic mass is 19.1. The third-order valence-electron chi connectivity index (χ3n) is 5.65. The van der Waals surface area contributed by atoms with Gasteiger partial charge in [-0.25, -0.2) is 9.18 Å². The summed E-state index contributed by atoms with van der Waals surface area (Å²) in [4.78, 5) is 12.3. The monoisotopic (exact) mass is 430 g/mol. The summed E-state index contributed by atoms with van der Waals surface area (Å²) in [6.07, 6.45) is 5.36. The Morgan fingerprint density at radius 1 is 0.875 bits per heavy atom. The first-order valence-electron chi connectivity index (χ1n) is 11.2. The van der Waals surface area contributed by atoms with E-state index in [2.05, 4.69) is 13.0 Å². The minimum Gasteiger partial charge on any atom is -0.488 e. The number of halogens is 1. The van der Waals surface area contributed by atoms with Gasteiger partial charge in [-0.15, -0.1) is 0 Å². The fourth-order valence-corrected chi connectivity index (χ4v) is 3.93. The molecule has 3 aromatic carbocycles. The molecule has 4 rings (SSSR count). The molecule has 32 heavy (non-hydrogen) atoms. The van der Waals surface area contributed by atoms with Crippen molar-refractivity contribution < 1.29 is 13.5 Å². The molecular formula is C28H27FO3. The van der Waals surface area contributed by atoms with E-state index in [0.717, 1.165) is 47.8 Å². The first-order valence-corrected chi connectivity index (χ1v) is 11.2. The standard InChI is InChI=1S/C28H27FO3/c1-2-3-4-6-13-21-16-24-23(20-11-7-5-8-12-20)17-28(30)32-27(24)18-26(21)31-19-22-14-9-10-15-25(22)29/h5,7-12,14-18H,2-4,6,13,19H2,1H3. The van der Waals surface area contributed by atoms with Crippen molar-refractivity contribution in [2.45, 2.75) is 45.6 Å². The highest BCUT2D eigenvalue weighted by Gasteiger charge is 2.14. The lowest BCUT2D eigenvalue weighted by molar-refractivity contribution is 0.296. The van der Waals surface area contributed by atoms with Crippen molar-refractivity contribution in [1.82, 2.24) is 0 Å². The summed E-state index contributed by atoms with van der Waals surface area (Å²) in [7, 11) is 0. The average molecular weight is 431 g/mol. The Morgan fingerprint density at radius 3 is 2.44 bits per heavy atom. The Hall–Kier alpha value is -3.40. The lowest BCUT2D eigenvalue weighted by Gasteiger charge is -2.15. The van der Waals surface area contributed by atoms with Crippen LogP contribution in [0, 0.1) is 5.82 Å². The van der Waals surface area contributed by atoms with Gasteiger partial charge in [0.1, 0.15) is 23.8 Å². The average Bonchev–Trinajstić information content (AvgIpc) is 2.81. The molecule has 0 saturated heterocycles. The van der Waals surface area contributed by atoms with E-state index in [9.17, 15) is 9.18 Å². The second-order valence-electron chi connectivity index (χ2n) is 7.99. The maximum absolute atomic E-state index is 14.1. The zero-order valence-corrected chi connectivity index (χ0v) is 18.3. The summed E-state index contributed by atoms with van der Waals surface area (Å²) in [6.45, 7) is 2.30. The number of ether oxygens (including phenoxy) is 1. The summed E-state index contributed by atoms with van der Waals surface area (Å²) in [5, 5.41) is 0.875. The maximum atomic E-state index is 14.1. The third-order valence-corrected chi connectivity index (χ3v) is 5.65. The number of aryl methyl sites for hydroxylation is 1. The Balaban J connectivity index is 1.75. The number of rotatable bonds is 9. The van der Waals surface area contributed by atoms with Crippen LogP contribution in [-0.4, -0.2) is 0 Å². The molecule has 0 fully saturated rings. The highest BCUT2D eigenvalue weighted by molar-refractivity contribution is 5.94. The van der Waals surface area contributed by atoms with Gasteiger partial charge < -0.3 is 9.15 Å².